The van der Waals surface area contributed by atoms with Crippen molar-refractivity contribution >= 4 is 28.8 Å². The Bertz CT molecular complexity index is 1250. The molecular formula is C24H19N5O4. The van der Waals surface area contributed by atoms with Gasteiger partial charge in [-0.3, -0.25) is 14.9 Å². The summed E-state index contributed by atoms with van der Waals surface area (Å²) in [4.78, 5) is 30.9. The van der Waals surface area contributed by atoms with Gasteiger partial charge in [0, 0.05) is 35.1 Å². The van der Waals surface area contributed by atoms with Crippen molar-refractivity contribution < 1.29 is 14.5 Å². The molecule has 1 amide bonds. The zero-order valence-electron chi connectivity index (χ0n) is 17.3. The van der Waals surface area contributed by atoms with Crippen LogP contribution in [0, 0.1) is 10.1 Å². The molecular weight excluding hydrogens is 422 g/mol. The van der Waals surface area contributed by atoms with Gasteiger partial charge in [-0.2, -0.15) is 0 Å². The molecule has 33 heavy (non-hydrogen) atoms. The Balaban J connectivity index is 1.31. The molecule has 9 heteroatoms. The number of hydrogen-bond acceptors (Lipinski definition) is 7. The molecule has 0 aliphatic heterocycles. The number of non-ortho nitro benzene ring substituents is 1. The van der Waals surface area contributed by atoms with E-state index < -0.39 is 4.92 Å². The Labute approximate surface area is 189 Å². The van der Waals surface area contributed by atoms with Crippen molar-refractivity contribution in [3.8, 4) is 17.0 Å². The Kier molecular flexibility index (Phi) is 6.51. The molecule has 0 radical (unpaired) electrons. The number of aromatic nitrogens is 2. The lowest BCUT2D eigenvalue weighted by atomic mass is 10.1. The molecule has 9 nitrogen and oxygen atoms in total. The number of anilines is 3. The SMILES string of the molecule is O=C(COc1ccc([N+](=O)[O-])cc1)Nc1ccc(Nc2cc(-c3ccccc3)ncn2)cc1. The molecule has 0 aliphatic carbocycles. The molecule has 3 aromatic carbocycles. The van der Waals surface area contributed by atoms with Gasteiger partial charge in [-0.1, -0.05) is 30.3 Å². The van der Waals surface area contributed by atoms with E-state index in [9.17, 15) is 14.9 Å². The van der Waals surface area contributed by atoms with Gasteiger partial charge in [0.05, 0.1) is 10.6 Å². The van der Waals surface area contributed by atoms with Gasteiger partial charge in [-0.05, 0) is 36.4 Å². The molecule has 0 fully saturated rings. The maximum atomic E-state index is 12.1. The average molecular weight is 441 g/mol. The third-order valence-electron chi connectivity index (χ3n) is 4.60. The van der Waals surface area contributed by atoms with Gasteiger partial charge < -0.3 is 15.4 Å². The van der Waals surface area contributed by atoms with E-state index in [1.165, 1.54) is 30.6 Å². The fourth-order valence-electron chi connectivity index (χ4n) is 2.99. The van der Waals surface area contributed by atoms with E-state index >= 15 is 0 Å². The fourth-order valence-corrected chi connectivity index (χ4v) is 2.99. The molecule has 0 unspecified atom stereocenters. The summed E-state index contributed by atoms with van der Waals surface area (Å²) in [5.74, 6) is 0.671. The minimum atomic E-state index is -0.498. The van der Waals surface area contributed by atoms with Crippen LogP contribution in [0.3, 0.4) is 0 Å². The van der Waals surface area contributed by atoms with Gasteiger partial charge in [0.15, 0.2) is 6.61 Å². The molecule has 4 aromatic rings. The van der Waals surface area contributed by atoms with Crippen molar-refractivity contribution in [3.05, 3.63) is 101 Å². The molecule has 164 valence electrons. The molecule has 0 saturated heterocycles. The zero-order valence-corrected chi connectivity index (χ0v) is 17.3. The van der Waals surface area contributed by atoms with Crippen LogP contribution in [-0.2, 0) is 4.79 Å². The van der Waals surface area contributed by atoms with E-state index in [1.54, 1.807) is 12.1 Å². The number of rotatable bonds is 8. The van der Waals surface area contributed by atoms with Gasteiger partial charge in [0.2, 0.25) is 0 Å². The standard InChI is InChI=1S/C24H19N5O4/c30-24(15-33-21-12-10-20(11-13-21)29(31)32)28-19-8-6-18(7-9-19)27-23-14-22(25-16-26-23)17-4-2-1-3-5-17/h1-14,16H,15H2,(H,28,30)(H,25,26,27). The predicted octanol–water partition coefficient (Wildman–Crippen LogP) is 4.81. The van der Waals surface area contributed by atoms with E-state index in [1.807, 2.05) is 48.5 Å². The average Bonchev–Trinajstić information content (AvgIpc) is 2.85. The molecule has 0 spiro atoms. The number of carbonyl (C=O) groups excluding carboxylic acids is 1. The van der Waals surface area contributed by atoms with Gasteiger partial charge in [0.25, 0.3) is 11.6 Å². The highest BCUT2D eigenvalue weighted by Gasteiger charge is 2.08. The van der Waals surface area contributed by atoms with Crippen LogP contribution in [0.1, 0.15) is 0 Å². The zero-order chi connectivity index (χ0) is 23.0. The summed E-state index contributed by atoms with van der Waals surface area (Å²) in [6.45, 7) is -0.221. The van der Waals surface area contributed by atoms with E-state index in [4.69, 9.17) is 4.74 Å². The number of carbonyl (C=O) groups is 1. The number of nitrogens with one attached hydrogen (secondary N) is 2. The highest BCUT2D eigenvalue weighted by Crippen LogP contribution is 2.22. The topological polar surface area (TPSA) is 119 Å². The summed E-state index contributed by atoms with van der Waals surface area (Å²) in [7, 11) is 0. The van der Waals surface area contributed by atoms with Crippen LogP contribution in [0.2, 0.25) is 0 Å². The monoisotopic (exact) mass is 441 g/mol. The second kappa shape index (κ2) is 10.0. The van der Waals surface area contributed by atoms with Crippen molar-refractivity contribution in [3.63, 3.8) is 0 Å². The second-order valence-electron chi connectivity index (χ2n) is 6.94. The molecule has 1 aromatic heterocycles. The largest absolute Gasteiger partial charge is 0.484 e. The van der Waals surface area contributed by atoms with E-state index in [0.717, 1.165) is 16.9 Å². The van der Waals surface area contributed by atoms with Crippen LogP contribution < -0.4 is 15.4 Å². The first-order chi connectivity index (χ1) is 16.1. The molecule has 4 rings (SSSR count). The summed E-state index contributed by atoms with van der Waals surface area (Å²) in [6.07, 6.45) is 1.50. The molecule has 0 saturated carbocycles. The van der Waals surface area contributed by atoms with Gasteiger partial charge >= 0.3 is 0 Å². The van der Waals surface area contributed by atoms with E-state index in [0.29, 0.717) is 17.3 Å². The number of nitro benzene ring substituents is 1. The van der Waals surface area contributed by atoms with Gasteiger partial charge in [-0.15, -0.1) is 0 Å². The minimum absolute atomic E-state index is 0.0428. The van der Waals surface area contributed by atoms with Gasteiger partial charge in [0.1, 0.15) is 17.9 Å². The lowest BCUT2D eigenvalue weighted by molar-refractivity contribution is -0.384. The maximum Gasteiger partial charge on any atom is 0.269 e. The Morgan fingerprint density at radius 3 is 2.30 bits per heavy atom. The van der Waals surface area contributed by atoms with Crippen LogP contribution in [0.15, 0.2) is 91.3 Å². The first kappa shape index (κ1) is 21.4. The first-order valence-corrected chi connectivity index (χ1v) is 9.98. The molecule has 0 atom stereocenters. The fraction of sp³-hybridized carbons (Fsp3) is 0.0417. The molecule has 1 heterocycles. The quantitative estimate of drug-likeness (QED) is 0.297. The normalized spacial score (nSPS) is 10.3. The number of ether oxygens (including phenoxy) is 1. The summed E-state index contributed by atoms with van der Waals surface area (Å²) in [5, 5.41) is 16.6. The predicted molar refractivity (Wildman–Crippen MR) is 124 cm³/mol. The number of amides is 1. The second-order valence-corrected chi connectivity index (χ2v) is 6.94. The number of hydrogen-bond donors (Lipinski definition) is 2. The van der Waals surface area contributed by atoms with Crippen LogP contribution in [0.4, 0.5) is 22.9 Å². The lowest BCUT2D eigenvalue weighted by Crippen LogP contribution is -2.20. The lowest BCUT2D eigenvalue weighted by Gasteiger charge is -2.10. The number of benzene rings is 3. The van der Waals surface area contributed by atoms with Crippen LogP contribution >= 0.6 is 0 Å². The molecule has 0 aliphatic rings. The molecule has 2 N–H and O–H groups in total. The summed E-state index contributed by atoms with van der Waals surface area (Å²) in [6, 6.07) is 24.4. The van der Waals surface area contributed by atoms with E-state index in [-0.39, 0.29) is 18.2 Å². The Morgan fingerprint density at radius 1 is 0.909 bits per heavy atom. The highest BCUT2D eigenvalue weighted by molar-refractivity contribution is 5.92. The van der Waals surface area contributed by atoms with Gasteiger partial charge in [-0.25, -0.2) is 9.97 Å². The smallest absolute Gasteiger partial charge is 0.269 e. The maximum absolute atomic E-state index is 12.1. The van der Waals surface area contributed by atoms with Crippen LogP contribution in [0.5, 0.6) is 5.75 Å². The van der Waals surface area contributed by atoms with Crippen molar-refractivity contribution in [2.45, 2.75) is 0 Å². The van der Waals surface area contributed by atoms with E-state index in [2.05, 4.69) is 20.6 Å². The minimum Gasteiger partial charge on any atom is -0.484 e. The van der Waals surface area contributed by atoms with Crippen LogP contribution in [0.25, 0.3) is 11.3 Å². The molecule has 0 bridgehead atoms. The van der Waals surface area contributed by atoms with Crippen molar-refractivity contribution in [2.75, 3.05) is 17.2 Å². The summed E-state index contributed by atoms with van der Waals surface area (Å²) >= 11 is 0. The Hall–Kier alpha value is -4.79. The third-order valence-corrected chi connectivity index (χ3v) is 4.60. The third kappa shape index (κ3) is 5.88. The van der Waals surface area contributed by atoms with Crippen molar-refractivity contribution in [1.29, 1.82) is 0 Å². The number of nitrogens with zero attached hydrogens (tertiary/aromatic N) is 3. The Morgan fingerprint density at radius 2 is 1.61 bits per heavy atom. The highest BCUT2D eigenvalue weighted by atomic mass is 16.6. The van der Waals surface area contributed by atoms with Crippen molar-refractivity contribution in [2.24, 2.45) is 0 Å². The number of nitro groups is 1. The van der Waals surface area contributed by atoms with Crippen molar-refractivity contribution in [1.82, 2.24) is 9.97 Å². The summed E-state index contributed by atoms with van der Waals surface area (Å²) < 4.78 is 5.36. The first-order valence-electron chi connectivity index (χ1n) is 9.98. The van der Waals surface area contributed by atoms with Crippen LogP contribution in [-0.4, -0.2) is 27.4 Å². The summed E-state index contributed by atoms with van der Waals surface area (Å²) in [5.41, 5.74) is 3.17.